The van der Waals surface area contributed by atoms with Crippen LogP contribution >= 0.6 is 18.7 Å². The second-order valence-electron chi connectivity index (χ2n) is 3.90. The Morgan fingerprint density at radius 3 is 2.53 bits per heavy atom. The molecule has 0 aromatic heterocycles. The highest BCUT2D eigenvalue weighted by Crippen LogP contribution is 2.37. The zero-order chi connectivity index (χ0) is 13.1. The predicted octanol–water partition coefficient (Wildman–Crippen LogP) is 1.68. The van der Waals surface area contributed by atoms with E-state index in [1.54, 1.807) is 37.6 Å². The van der Waals surface area contributed by atoms with Crippen LogP contribution in [0.15, 0.2) is 24.3 Å². The molecule has 1 atom stereocenters. The number of rotatable bonds is 4. The van der Waals surface area contributed by atoms with Crippen LogP contribution in [-0.2, 0) is 14.2 Å². The van der Waals surface area contributed by atoms with Crippen molar-refractivity contribution in [2.45, 2.75) is 5.38 Å². The number of carbonyl (C=O) groups is 2. The first-order valence-electron chi connectivity index (χ1n) is 4.91. The van der Waals surface area contributed by atoms with Gasteiger partial charge in [-0.15, -0.1) is 11.6 Å². The van der Waals surface area contributed by atoms with Crippen molar-refractivity contribution in [2.75, 3.05) is 18.6 Å². The summed E-state index contributed by atoms with van der Waals surface area (Å²) in [4.78, 5) is 21.8. The fourth-order valence-corrected chi connectivity index (χ4v) is 2.52. The SMILES string of the molecule is CP(C)(=O)c1ccccc1NC(=O)C(Cl)C=O. The molecular formula is C11H13ClNO3P. The van der Waals surface area contributed by atoms with Crippen LogP contribution in [0.1, 0.15) is 0 Å². The van der Waals surface area contributed by atoms with Gasteiger partial charge in [0.15, 0.2) is 5.38 Å². The predicted molar refractivity (Wildman–Crippen MR) is 69.9 cm³/mol. The third-order valence-corrected chi connectivity index (χ3v) is 3.96. The molecule has 1 unspecified atom stereocenters. The van der Waals surface area contributed by atoms with Crippen LogP contribution in [0.4, 0.5) is 5.69 Å². The van der Waals surface area contributed by atoms with Gasteiger partial charge < -0.3 is 14.7 Å². The number of carbonyl (C=O) groups excluding carboxylic acids is 2. The van der Waals surface area contributed by atoms with Crippen molar-refractivity contribution in [3.8, 4) is 0 Å². The van der Waals surface area contributed by atoms with Crippen molar-refractivity contribution < 1.29 is 14.2 Å². The molecule has 0 saturated carbocycles. The van der Waals surface area contributed by atoms with E-state index in [-0.39, 0.29) is 0 Å². The van der Waals surface area contributed by atoms with Crippen LogP contribution in [-0.4, -0.2) is 30.9 Å². The van der Waals surface area contributed by atoms with Gasteiger partial charge in [-0.3, -0.25) is 4.79 Å². The van der Waals surface area contributed by atoms with E-state index in [0.29, 0.717) is 17.3 Å². The van der Waals surface area contributed by atoms with Gasteiger partial charge in [0.2, 0.25) is 5.91 Å². The van der Waals surface area contributed by atoms with E-state index in [2.05, 4.69) is 5.32 Å². The molecule has 1 N–H and O–H groups in total. The molecular weight excluding hydrogens is 261 g/mol. The highest BCUT2D eigenvalue weighted by Gasteiger charge is 2.19. The largest absolute Gasteiger partial charge is 0.324 e. The average molecular weight is 274 g/mol. The lowest BCUT2D eigenvalue weighted by Gasteiger charge is -2.14. The molecule has 6 heteroatoms. The van der Waals surface area contributed by atoms with Crippen LogP contribution in [0.5, 0.6) is 0 Å². The molecule has 1 aromatic rings. The summed E-state index contributed by atoms with van der Waals surface area (Å²) < 4.78 is 12.0. The Morgan fingerprint density at radius 1 is 1.41 bits per heavy atom. The number of aldehydes is 1. The Morgan fingerprint density at radius 2 is 2.00 bits per heavy atom. The summed E-state index contributed by atoms with van der Waals surface area (Å²) in [7, 11) is -2.50. The number of hydrogen-bond acceptors (Lipinski definition) is 3. The molecule has 0 aliphatic rings. The van der Waals surface area contributed by atoms with Gasteiger partial charge in [-0.1, -0.05) is 12.1 Å². The molecule has 1 rings (SSSR count). The summed E-state index contributed by atoms with van der Waals surface area (Å²) in [6.07, 6.45) is 0.344. The van der Waals surface area contributed by atoms with E-state index in [4.69, 9.17) is 11.6 Å². The van der Waals surface area contributed by atoms with E-state index in [0.717, 1.165) is 0 Å². The van der Waals surface area contributed by atoms with Gasteiger partial charge in [-0.05, 0) is 25.5 Å². The van der Waals surface area contributed by atoms with Gasteiger partial charge in [-0.25, -0.2) is 0 Å². The molecule has 1 amide bonds. The smallest absolute Gasteiger partial charge is 0.249 e. The second kappa shape index (κ2) is 5.48. The van der Waals surface area contributed by atoms with Crippen LogP contribution in [0.3, 0.4) is 0 Å². The Balaban J connectivity index is 3.04. The summed E-state index contributed by atoms with van der Waals surface area (Å²) >= 11 is 5.48. The van der Waals surface area contributed by atoms with Crippen LogP contribution in [0.25, 0.3) is 0 Å². The minimum Gasteiger partial charge on any atom is -0.324 e. The van der Waals surface area contributed by atoms with E-state index in [1.165, 1.54) is 0 Å². The van der Waals surface area contributed by atoms with Crippen molar-refractivity contribution in [3.63, 3.8) is 0 Å². The van der Waals surface area contributed by atoms with Crippen molar-refractivity contribution >= 4 is 41.9 Å². The molecule has 92 valence electrons. The Bertz CT molecular complexity index is 483. The van der Waals surface area contributed by atoms with Crippen LogP contribution in [0, 0.1) is 0 Å². The fourth-order valence-electron chi connectivity index (χ4n) is 1.31. The van der Waals surface area contributed by atoms with Crippen molar-refractivity contribution in [1.29, 1.82) is 0 Å². The average Bonchev–Trinajstić information content (AvgIpc) is 2.27. The third-order valence-electron chi connectivity index (χ3n) is 2.11. The number of nitrogens with one attached hydrogen (secondary N) is 1. The highest BCUT2D eigenvalue weighted by atomic mass is 35.5. The maximum atomic E-state index is 12.0. The van der Waals surface area contributed by atoms with E-state index in [1.807, 2.05) is 0 Å². The number of hydrogen-bond donors (Lipinski definition) is 1. The van der Waals surface area contributed by atoms with E-state index in [9.17, 15) is 14.2 Å². The molecule has 1 aromatic carbocycles. The number of para-hydroxylation sites is 1. The van der Waals surface area contributed by atoms with Crippen molar-refractivity contribution in [1.82, 2.24) is 0 Å². The lowest BCUT2D eigenvalue weighted by atomic mass is 10.3. The Hall–Kier alpha value is -1.12. The number of anilines is 1. The molecule has 0 saturated heterocycles. The summed E-state index contributed by atoms with van der Waals surface area (Å²) in [5.41, 5.74) is 0.429. The minimum absolute atomic E-state index is 0.344. The molecule has 17 heavy (non-hydrogen) atoms. The van der Waals surface area contributed by atoms with Gasteiger partial charge in [0, 0.05) is 5.30 Å². The second-order valence-corrected chi connectivity index (χ2v) is 7.55. The maximum absolute atomic E-state index is 12.0. The Labute approximate surface area is 105 Å². The topological polar surface area (TPSA) is 63.2 Å². The first-order chi connectivity index (χ1) is 7.86. The highest BCUT2D eigenvalue weighted by molar-refractivity contribution is 7.70. The van der Waals surface area contributed by atoms with Gasteiger partial charge in [-0.2, -0.15) is 0 Å². The molecule has 0 heterocycles. The molecule has 4 nitrogen and oxygen atoms in total. The Kier molecular flexibility index (Phi) is 4.49. The summed E-state index contributed by atoms with van der Waals surface area (Å²) in [6, 6.07) is 6.75. The molecule has 0 aliphatic heterocycles. The van der Waals surface area contributed by atoms with Gasteiger partial charge >= 0.3 is 0 Å². The lowest BCUT2D eigenvalue weighted by Crippen LogP contribution is -2.26. The van der Waals surface area contributed by atoms with E-state index < -0.39 is 18.4 Å². The summed E-state index contributed by atoms with van der Waals surface area (Å²) in [6.45, 7) is 3.21. The zero-order valence-corrected chi connectivity index (χ0v) is 11.2. The zero-order valence-electron chi connectivity index (χ0n) is 9.51. The monoisotopic (exact) mass is 273 g/mol. The summed E-state index contributed by atoms with van der Waals surface area (Å²) in [5, 5.41) is 1.81. The van der Waals surface area contributed by atoms with Gasteiger partial charge in [0.05, 0.1) is 5.69 Å². The first kappa shape index (κ1) is 13.9. The number of benzene rings is 1. The number of halogens is 1. The van der Waals surface area contributed by atoms with Gasteiger partial charge in [0.1, 0.15) is 13.4 Å². The lowest BCUT2D eigenvalue weighted by molar-refractivity contribution is -0.119. The standard InChI is InChI=1S/C11H13ClNO3P/c1-17(2,16)10-6-4-3-5-9(10)13-11(15)8(12)7-14/h3-8H,1-2H3,(H,13,15). The van der Waals surface area contributed by atoms with Crippen LogP contribution < -0.4 is 10.6 Å². The number of amides is 1. The molecule has 0 spiro atoms. The molecule has 0 radical (unpaired) electrons. The van der Waals surface area contributed by atoms with Gasteiger partial charge in [0.25, 0.3) is 0 Å². The summed E-state index contributed by atoms with van der Waals surface area (Å²) in [5.74, 6) is -0.623. The number of alkyl halides is 1. The molecule has 0 fully saturated rings. The van der Waals surface area contributed by atoms with Crippen molar-refractivity contribution in [2.24, 2.45) is 0 Å². The molecule has 0 aliphatic carbocycles. The van der Waals surface area contributed by atoms with E-state index >= 15 is 0 Å². The fraction of sp³-hybridized carbons (Fsp3) is 0.273. The van der Waals surface area contributed by atoms with Crippen LogP contribution in [0.2, 0.25) is 0 Å². The van der Waals surface area contributed by atoms with Crippen molar-refractivity contribution in [3.05, 3.63) is 24.3 Å². The normalized spacial score (nSPS) is 12.9. The molecule has 0 bridgehead atoms. The quantitative estimate of drug-likeness (QED) is 0.393. The third kappa shape index (κ3) is 3.69. The maximum Gasteiger partial charge on any atom is 0.249 e. The minimum atomic E-state index is -2.50. The first-order valence-corrected chi connectivity index (χ1v) is 7.95.